The van der Waals surface area contributed by atoms with Gasteiger partial charge in [-0.1, -0.05) is 48.5 Å². The van der Waals surface area contributed by atoms with Gasteiger partial charge in [0.2, 0.25) is 0 Å². The number of aromatic nitrogens is 2. The summed E-state index contributed by atoms with van der Waals surface area (Å²) in [4.78, 5) is 20.4. The first-order chi connectivity index (χ1) is 15.3. The lowest BCUT2D eigenvalue weighted by Gasteiger charge is -2.05. The number of benzene rings is 3. The van der Waals surface area contributed by atoms with E-state index in [1.165, 1.54) is 16.5 Å². The fraction of sp³-hybridized carbons (Fsp3) is 0.154. The topological polar surface area (TPSA) is 70.9 Å². The van der Waals surface area contributed by atoms with Crippen molar-refractivity contribution >= 4 is 27.9 Å². The normalized spacial score (nSPS) is 11.2. The summed E-state index contributed by atoms with van der Waals surface area (Å²) in [6, 6.07) is 23.9. The number of aromatic amines is 1. The standard InChI is InChI=1S/C26H23N3O2/c30-26(27-15-14-20-17-28-22-9-5-4-8-21(20)22)19-11-12-23-24(16-19)31-25(29-23)13-10-18-6-2-1-3-7-18/h1-9,11-12,16-17,28H,10,13-15H2,(H,27,30). The molecule has 0 aliphatic rings. The van der Waals surface area contributed by atoms with E-state index in [0.717, 1.165) is 30.3 Å². The van der Waals surface area contributed by atoms with Crippen molar-refractivity contribution in [3.63, 3.8) is 0 Å². The third kappa shape index (κ3) is 4.21. The fourth-order valence-corrected chi connectivity index (χ4v) is 3.87. The predicted molar refractivity (Wildman–Crippen MR) is 122 cm³/mol. The maximum atomic E-state index is 12.6. The van der Waals surface area contributed by atoms with Gasteiger partial charge in [0, 0.05) is 35.6 Å². The lowest BCUT2D eigenvalue weighted by molar-refractivity contribution is 0.0954. The molecule has 31 heavy (non-hydrogen) atoms. The molecule has 0 fully saturated rings. The summed E-state index contributed by atoms with van der Waals surface area (Å²) in [5.41, 5.74) is 5.57. The highest BCUT2D eigenvalue weighted by molar-refractivity contribution is 5.97. The maximum absolute atomic E-state index is 12.6. The molecule has 0 spiro atoms. The Bertz CT molecular complexity index is 1330. The predicted octanol–water partition coefficient (Wildman–Crippen LogP) is 5.07. The Morgan fingerprint density at radius 3 is 2.68 bits per heavy atom. The largest absolute Gasteiger partial charge is 0.441 e. The highest BCUT2D eigenvalue weighted by atomic mass is 16.3. The van der Waals surface area contributed by atoms with Crippen molar-refractivity contribution in [2.24, 2.45) is 0 Å². The molecule has 3 aromatic carbocycles. The molecule has 0 radical (unpaired) electrons. The average molecular weight is 409 g/mol. The minimum Gasteiger partial charge on any atom is -0.441 e. The zero-order chi connectivity index (χ0) is 21.0. The van der Waals surface area contributed by atoms with Crippen LogP contribution in [0.5, 0.6) is 0 Å². The van der Waals surface area contributed by atoms with Gasteiger partial charge in [0.1, 0.15) is 5.52 Å². The first-order valence-corrected chi connectivity index (χ1v) is 10.5. The number of amides is 1. The Morgan fingerprint density at radius 1 is 0.935 bits per heavy atom. The van der Waals surface area contributed by atoms with E-state index in [1.807, 2.05) is 42.6 Å². The van der Waals surface area contributed by atoms with E-state index in [9.17, 15) is 4.79 Å². The second kappa shape index (κ2) is 8.48. The van der Waals surface area contributed by atoms with E-state index >= 15 is 0 Å². The van der Waals surface area contributed by atoms with Crippen molar-refractivity contribution in [3.05, 3.63) is 102 Å². The van der Waals surface area contributed by atoms with Crippen LogP contribution in [0.3, 0.4) is 0 Å². The van der Waals surface area contributed by atoms with Gasteiger partial charge >= 0.3 is 0 Å². The summed E-state index contributed by atoms with van der Waals surface area (Å²) in [7, 11) is 0. The maximum Gasteiger partial charge on any atom is 0.251 e. The van der Waals surface area contributed by atoms with Crippen LogP contribution >= 0.6 is 0 Å². The van der Waals surface area contributed by atoms with Crippen LogP contribution in [0.1, 0.15) is 27.4 Å². The Kier molecular flexibility index (Phi) is 5.23. The summed E-state index contributed by atoms with van der Waals surface area (Å²) in [5.74, 6) is 0.583. The SMILES string of the molecule is O=C(NCCc1c[nH]c2ccccc12)c1ccc2nc(CCc3ccccc3)oc2c1. The summed E-state index contributed by atoms with van der Waals surface area (Å²) in [6.45, 7) is 0.567. The van der Waals surface area contributed by atoms with E-state index in [2.05, 4.69) is 39.6 Å². The number of hydrogen-bond acceptors (Lipinski definition) is 3. The summed E-state index contributed by atoms with van der Waals surface area (Å²) in [6.07, 6.45) is 4.37. The molecule has 0 aliphatic heterocycles. The third-order valence-corrected chi connectivity index (χ3v) is 5.52. The molecule has 5 heteroatoms. The van der Waals surface area contributed by atoms with Crippen molar-refractivity contribution in [1.82, 2.24) is 15.3 Å². The molecule has 5 nitrogen and oxygen atoms in total. The molecule has 1 amide bonds. The lowest BCUT2D eigenvalue weighted by Crippen LogP contribution is -2.25. The number of para-hydroxylation sites is 1. The van der Waals surface area contributed by atoms with Crippen LogP contribution in [0, 0.1) is 0 Å². The molecular weight excluding hydrogens is 386 g/mol. The number of fused-ring (bicyclic) bond motifs is 2. The molecule has 0 atom stereocenters. The molecule has 5 aromatic rings. The Hall–Kier alpha value is -3.86. The lowest BCUT2D eigenvalue weighted by atomic mass is 10.1. The molecule has 2 N–H and O–H groups in total. The van der Waals surface area contributed by atoms with Gasteiger partial charge in [-0.05, 0) is 48.2 Å². The van der Waals surface area contributed by atoms with E-state index in [1.54, 1.807) is 12.1 Å². The van der Waals surface area contributed by atoms with E-state index in [-0.39, 0.29) is 5.91 Å². The van der Waals surface area contributed by atoms with Crippen LogP contribution in [-0.2, 0) is 19.3 Å². The van der Waals surface area contributed by atoms with Crippen LogP contribution in [-0.4, -0.2) is 22.4 Å². The number of carbonyl (C=O) groups is 1. The minimum atomic E-state index is -0.107. The van der Waals surface area contributed by atoms with Crippen LogP contribution in [0.2, 0.25) is 0 Å². The van der Waals surface area contributed by atoms with Crippen molar-refractivity contribution < 1.29 is 9.21 Å². The van der Waals surface area contributed by atoms with E-state index in [4.69, 9.17) is 4.42 Å². The zero-order valence-corrected chi connectivity index (χ0v) is 17.1. The van der Waals surface area contributed by atoms with E-state index in [0.29, 0.717) is 23.6 Å². The Morgan fingerprint density at radius 2 is 1.77 bits per heavy atom. The van der Waals surface area contributed by atoms with Crippen LogP contribution in [0.25, 0.3) is 22.0 Å². The van der Waals surface area contributed by atoms with Gasteiger partial charge in [-0.15, -0.1) is 0 Å². The molecule has 5 rings (SSSR count). The molecule has 2 aromatic heterocycles. The van der Waals surface area contributed by atoms with Gasteiger partial charge in [-0.3, -0.25) is 4.79 Å². The van der Waals surface area contributed by atoms with Gasteiger partial charge in [0.25, 0.3) is 5.91 Å². The Balaban J connectivity index is 1.21. The summed E-state index contributed by atoms with van der Waals surface area (Å²) >= 11 is 0. The van der Waals surface area contributed by atoms with Crippen molar-refractivity contribution in [2.45, 2.75) is 19.3 Å². The van der Waals surface area contributed by atoms with Gasteiger partial charge < -0.3 is 14.7 Å². The first kappa shape index (κ1) is 19.1. The van der Waals surface area contributed by atoms with Gasteiger partial charge in [-0.2, -0.15) is 0 Å². The molecule has 2 heterocycles. The quantitative estimate of drug-likeness (QED) is 0.394. The number of carbonyl (C=O) groups excluding carboxylic acids is 1. The first-order valence-electron chi connectivity index (χ1n) is 10.5. The number of aryl methyl sites for hydroxylation is 2. The second-order valence-corrected chi connectivity index (χ2v) is 7.64. The smallest absolute Gasteiger partial charge is 0.251 e. The van der Waals surface area contributed by atoms with Crippen LogP contribution in [0.4, 0.5) is 0 Å². The van der Waals surface area contributed by atoms with Gasteiger partial charge in [-0.25, -0.2) is 4.98 Å². The summed E-state index contributed by atoms with van der Waals surface area (Å²) in [5, 5.41) is 4.20. The highest BCUT2D eigenvalue weighted by Crippen LogP contribution is 2.20. The number of nitrogens with one attached hydrogen (secondary N) is 2. The average Bonchev–Trinajstić information content (AvgIpc) is 3.41. The molecule has 0 unspecified atom stereocenters. The molecule has 0 bridgehead atoms. The number of hydrogen-bond donors (Lipinski definition) is 2. The number of rotatable bonds is 7. The highest BCUT2D eigenvalue weighted by Gasteiger charge is 2.11. The monoisotopic (exact) mass is 409 g/mol. The van der Waals surface area contributed by atoms with Gasteiger partial charge in [0.05, 0.1) is 0 Å². The Labute approximate surface area is 180 Å². The summed E-state index contributed by atoms with van der Waals surface area (Å²) < 4.78 is 5.90. The molecule has 0 saturated heterocycles. The second-order valence-electron chi connectivity index (χ2n) is 7.64. The molecule has 0 saturated carbocycles. The minimum absolute atomic E-state index is 0.107. The van der Waals surface area contributed by atoms with Crippen molar-refractivity contribution in [3.8, 4) is 0 Å². The molecule has 0 aliphatic carbocycles. The van der Waals surface area contributed by atoms with Crippen molar-refractivity contribution in [1.29, 1.82) is 0 Å². The number of oxazole rings is 1. The van der Waals surface area contributed by atoms with Gasteiger partial charge in [0.15, 0.2) is 11.5 Å². The third-order valence-electron chi connectivity index (χ3n) is 5.52. The fourth-order valence-electron chi connectivity index (χ4n) is 3.87. The van der Waals surface area contributed by atoms with Crippen LogP contribution in [0.15, 0.2) is 83.4 Å². The van der Waals surface area contributed by atoms with Crippen molar-refractivity contribution in [2.75, 3.05) is 6.54 Å². The molecular formula is C26H23N3O2. The number of H-pyrrole nitrogens is 1. The van der Waals surface area contributed by atoms with E-state index < -0.39 is 0 Å². The van der Waals surface area contributed by atoms with Crippen LogP contribution < -0.4 is 5.32 Å². The number of nitrogens with zero attached hydrogens (tertiary/aromatic N) is 1. The zero-order valence-electron chi connectivity index (χ0n) is 17.1. The molecule has 154 valence electrons.